The van der Waals surface area contributed by atoms with E-state index in [0.29, 0.717) is 13.1 Å². The highest BCUT2D eigenvalue weighted by Gasteiger charge is 2.24. The molecule has 1 aromatic carbocycles. The number of aliphatic carboxylic acids is 1. The number of para-hydroxylation sites is 1. The third kappa shape index (κ3) is 3.90. The topological polar surface area (TPSA) is 75.7 Å². The van der Waals surface area contributed by atoms with Crippen LogP contribution in [0.4, 0.5) is 10.5 Å². The molecule has 0 saturated carbocycles. The summed E-state index contributed by atoms with van der Waals surface area (Å²) in [6.45, 7) is 6.09. The van der Waals surface area contributed by atoms with Crippen LogP contribution in [-0.2, 0) is 4.79 Å². The number of hydrogen-bond acceptors (Lipinski definition) is 4. The smallest absolute Gasteiger partial charge is 0.318 e. The maximum atomic E-state index is 12.2. The molecule has 1 atom stereocenters. The molecule has 1 heterocycles. The number of carbonyl (C=O) groups is 2. The second-order valence-corrected chi connectivity index (χ2v) is 5.80. The van der Waals surface area contributed by atoms with Gasteiger partial charge in [0.2, 0.25) is 0 Å². The van der Waals surface area contributed by atoms with E-state index < -0.39 is 12.0 Å². The number of piperazine rings is 1. The van der Waals surface area contributed by atoms with Gasteiger partial charge in [0.1, 0.15) is 0 Å². The van der Waals surface area contributed by atoms with Gasteiger partial charge in [-0.2, -0.15) is 0 Å². The van der Waals surface area contributed by atoms with Crippen LogP contribution in [0.2, 0.25) is 0 Å². The van der Waals surface area contributed by atoms with E-state index in [9.17, 15) is 14.7 Å². The number of carboxylic acids is 1. The number of urea groups is 1. The Morgan fingerprint density at radius 3 is 2.18 bits per heavy atom. The first-order chi connectivity index (χ1) is 10.5. The third-order valence-electron chi connectivity index (χ3n) is 3.89. The van der Waals surface area contributed by atoms with Crippen LogP contribution in [0.5, 0.6) is 0 Å². The molecule has 6 nitrogen and oxygen atoms in total. The summed E-state index contributed by atoms with van der Waals surface area (Å²) in [6.07, 6.45) is 0. The standard InChI is InChI=1S/C16H23N3O3/c1-12(2)14(15(20)21)17-16(22)19-10-8-18(9-11-19)13-6-4-3-5-7-13/h3-7,12,14H,8-11H2,1-2H3,(H,17,22)(H,20,21)/p-1/t14-/m0/s1. The van der Waals surface area contributed by atoms with Crippen molar-refractivity contribution >= 4 is 17.7 Å². The van der Waals surface area contributed by atoms with Gasteiger partial charge < -0.3 is 25.0 Å². The number of hydrogen-bond donors (Lipinski definition) is 1. The van der Waals surface area contributed by atoms with Crippen molar-refractivity contribution in [1.29, 1.82) is 0 Å². The molecule has 1 aliphatic heterocycles. The van der Waals surface area contributed by atoms with E-state index in [1.807, 2.05) is 30.3 Å². The molecule has 1 aromatic rings. The van der Waals surface area contributed by atoms with E-state index in [-0.39, 0.29) is 11.9 Å². The minimum absolute atomic E-state index is 0.209. The third-order valence-corrected chi connectivity index (χ3v) is 3.89. The number of anilines is 1. The summed E-state index contributed by atoms with van der Waals surface area (Å²) in [4.78, 5) is 27.1. The van der Waals surface area contributed by atoms with Gasteiger partial charge in [0.05, 0.1) is 12.0 Å². The molecule has 1 aliphatic rings. The minimum atomic E-state index is -1.24. The van der Waals surface area contributed by atoms with Crippen LogP contribution in [0.1, 0.15) is 13.8 Å². The molecule has 22 heavy (non-hydrogen) atoms. The van der Waals surface area contributed by atoms with Gasteiger partial charge in [0.15, 0.2) is 0 Å². The zero-order valence-corrected chi connectivity index (χ0v) is 13.0. The lowest BCUT2D eigenvalue weighted by Crippen LogP contribution is -2.57. The number of carbonyl (C=O) groups excluding carboxylic acids is 2. The molecule has 1 saturated heterocycles. The monoisotopic (exact) mass is 304 g/mol. The average molecular weight is 304 g/mol. The van der Waals surface area contributed by atoms with Crippen LogP contribution in [0, 0.1) is 5.92 Å². The van der Waals surface area contributed by atoms with Gasteiger partial charge in [0.25, 0.3) is 0 Å². The summed E-state index contributed by atoms with van der Waals surface area (Å²) in [7, 11) is 0. The Kier molecular flexibility index (Phi) is 5.25. The molecule has 0 aromatic heterocycles. The SMILES string of the molecule is CC(C)[C@H](NC(=O)N1CCN(c2ccccc2)CC1)C(=O)[O-]. The van der Waals surface area contributed by atoms with E-state index in [1.165, 1.54) is 0 Å². The van der Waals surface area contributed by atoms with Crippen LogP contribution in [-0.4, -0.2) is 49.1 Å². The van der Waals surface area contributed by atoms with Crippen LogP contribution >= 0.6 is 0 Å². The summed E-state index contributed by atoms with van der Waals surface area (Å²) in [5, 5.41) is 13.6. The lowest BCUT2D eigenvalue weighted by atomic mass is 10.1. The Labute approximate surface area is 130 Å². The quantitative estimate of drug-likeness (QED) is 0.867. The van der Waals surface area contributed by atoms with Gasteiger partial charge in [-0.3, -0.25) is 0 Å². The number of carboxylic acid groups (broad SMARTS) is 1. The summed E-state index contributed by atoms with van der Waals surface area (Å²) in [5.74, 6) is -1.45. The van der Waals surface area contributed by atoms with Gasteiger partial charge in [-0.1, -0.05) is 32.0 Å². The Balaban J connectivity index is 1.88. The Bertz CT molecular complexity index is 511. The van der Waals surface area contributed by atoms with Gasteiger partial charge in [0, 0.05) is 31.9 Å². The van der Waals surface area contributed by atoms with Gasteiger partial charge >= 0.3 is 6.03 Å². The lowest BCUT2D eigenvalue weighted by Gasteiger charge is -2.37. The first-order valence-corrected chi connectivity index (χ1v) is 7.55. The zero-order valence-electron chi connectivity index (χ0n) is 13.0. The van der Waals surface area contributed by atoms with Crippen LogP contribution < -0.4 is 15.3 Å². The normalized spacial score (nSPS) is 16.5. The fourth-order valence-corrected chi connectivity index (χ4v) is 2.53. The highest BCUT2D eigenvalue weighted by molar-refractivity contribution is 5.82. The van der Waals surface area contributed by atoms with Crippen molar-refractivity contribution in [3.63, 3.8) is 0 Å². The van der Waals surface area contributed by atoms with Crippen molar-refractivity contribution in [2.45, 2.75) is 19.9 Å². The molecule has 0 bridgehead atoms. The molecule has 1 N–H and O–H groups in total. The number of rotatable bonds is 4. The van der Waals surface area contributed by atoms with Crippen molar-refractivity contribution in [1.82, 2.24) is 10.2 Å². The average Bonchev–Trinajstić information content (AvgIpc) is 2.52. The maximum absolute atomic E-state index is 12.2. The predicted molar refractivity (Wildman–Crippen MR) is 82.4 cm³/mol. The molecule has 120 valence electrons. The first kappa shape index (κ1) is 16.1. The fourth-order valence-electron chi connectivity index (χ4n) is 2.53. The van der Waals surface area contributed by atoms with Crippen molar-refractivity contribution in [2.24, 2.45) is 5.92 Å². The first-order valence-electron chi connectivity index (χ1n) is 7.55. The van der Waals surface area contributed by atoms with E-state index >= 15 is 0 Å². The highest BCUT2D eigenvalue weighted by atomic mass is 16.4. The van der Waals surface area contributed by atoms with E-state index in [1.54, 1.807) is 18.7 Å². The number of nitrogens with one attached hydrogen (secondary N) is 1. The Morgan fingerprint density at radius 1 is 1.09 bits per heavy atom. The molecule has 1 fully saturated rings. The lowest BCUT2D eigenvalue weighted by molar-refractivity contribution is -0.309. The summed E-state index contributed by atoms with van der Waals surface area (Å²) in [6, 6.07) is 8.74. The molecule has 0 spiro atoms. The second kappa shape index (κ2) is 7.15. The van der Waals surface area contributed by atoms with Gasteiger partial charge in [-0.05, 0) is 18.1 Å². The summed E-state index contributed by atoms with van der Waals surface area (Å²) < 4.78 is 0. The number of amides is 2. The Hall–Kier alpha value is -2.24. The molecule has 0 radical (unpaired) electrons. The molecule has 0 unspecified atom stereocenters. The van der Waals surface area contributed by atoms with E-state index in [0.717, 1.165) is 18.8 Å². The van der Waals surface area contributed by atoms with Crippen LogP contribution in [0.15, 0.2) is 30.3 Å². The number of benzene rings is 1. The molecule has 2 rings (SSSR count). The predicted octanol–water partition coefficient (Wildman–Crippen LogP) is 0.293. The molecule has 0 aliphatic carbocycles. The van der Waals surface area contributed by atoms with Gasteiger partial charge in [-0.25, -0.2) is 4.79 Å². The maximum Gasteiger partial charge on any atom is 0.318 e. The number of nitrogens with zero attached hydrogens (tertiary/aromatic N) is 2. The van der Waals surface area contributed by atoms with Crippen molar-refractivity contribution < 1.29 is 14.7 Å². The second-order valence-electron chi connectivity index (χ2n) is 5.80. The zero-order chi connectivity index (χ0) is 16.1. The molecular weight excluding hydrogens is 282 g/mol. The van der Waals surface area contributed by atoms with Crippen molar-refractivity contribution in [2.75, 3.05) is 31.1 Å². The molecule has 6 heteroatoms. The van der Waals surface area contributed by atoms with Crippen molar-refractivity contribution in [3.05, 3.63) is 30.3 Å². The molecular formula is C16H22N3O3-. The highest BCUT2D eigenvalue weighted by Crippen LogP contribution is 2.15. The van der Waals surface area contributed by atoms with Crippen LogP contribution in [0.3, 0.4) is 0 Å². The minimum Gasteiger partial charge on any atom is -0.548 e. The Morgan fingerprint density at radius 2 is 1.68 bits per heavy atom. The van der Waals surface area contributed by atoms with Gasteiger partial charge in [-0.15, -0.1) is 0 Å². The van der Waals surface area contributed by atoms with E-state index in [2.05, 4.69) is 10.2 Å². The molecule has 2 amide bonds. The fraction of sp³-hybridized carbons (Fsp3) is 0.500. The summed E-state index contributed by atoms with van der Waals surface area (Å²) in [5.41, 5.74) is 1.14. The summed E-state index contributed by atoms with van der Waals surface area (Å²) >= 11 is 0. The van der Waals surface area contributed by atoms with E-state index in [4.69, 9.17) is 0 Å². The van der Waals surface area contributed by atoms with Crippen molar-refractivity contribution in [3.8, 4) is 0 Å². The largest absolute Gasteiger partial charge is 0.548 e. The van der Waals surface area contributed by atoms with Crippen LogP contribution in [0.25, 0.3) is 0 Å².